The Morgan fingerprint density at radius 1 is 1.07 bits per heavy atom. The van der Waals surface area contributed by atoms with E-state index in [2.05, 4.69) is 5.32 Å². The zero-order valence-corrected chi connectivity index (χ0v) is 17.6. The van der Waals surface area contributed by atoms with Crippen LogP contribution in [0.2, 0.25) is 0 Å². The molecule has 0 heterocycles. The summed E-state index contributed by atoms with van der Waals surface area (Å²) in [6.07, 6.45) is 6.11. The number of nitrogens with one attached hydrogen (secondary N) is 1. The van der Waals surface area contributed by atoms with Crippen LogP contribution in [0.4, 0.5) is 0 Å². The van der Waals surface area contributed by atoms with Crippen LogP contribution >= 0.6 is 0 Å². The van der Waals surface area contributed by atoms with Crippen LogP contribution in [-0.4, -0.2) is 38.2 Å². The highest BCUT2D eigenvalue weighted by Crippen LogP contribution is 2.49. The molecule has 2 bridgehead atoms. The molecule has 29 heavy (non-hydrogen) atoms. The molecule has 1 aromatic carbocycles. The lowest BCUT2D eigenvalue weighted by molar-refractivity contribution is -0.149. The van der Waals surface area contributed by atoms with E-state index in [1.165, 1.54) is 19.3 Å². The summed E-state index contributed by atoms with van der Waals surface area (Å²) >= 11 is 0. The van der Waals surface area contributed by atoms with Gasteiger partial charge in [-0.3, -0.25) is 9.59 Å². The van der Waals surface area contributed by atoms with E-state index >= 15 is 0 Å². The molecule has 6 heteroatoms. The molecule has 0 saturated heterocycles. The lowest BCUT2D eigenvalue weighted by atomic mass is 9.86. The van der Waals surface area contributed by atoms with Crippen LogP contribution in [0.25, 0.3) is 0 Å². The Balaban J connectivity index is 1.35. The first-order valence-electron chi connectivity index (χ1n) is 10.9. The number of ether oxygens (including phenoxy) is 3. The van der Waals surface area contributed by atoms with Gasteiger partial charge in [-0.1, -0.05) is 12.5 Å². The van der Waals surface area contributed by atoms with Crippen molar-refractivity contribution >= 4 is 11.9 Å². The van der Waals surface area contributed by atoms with Gasteiger partial charge in [-0.2, -0.15) is 0 Å². The first-order chi connectivity index (χ1) is 14.1. The molecule has 0 aliphatic heterocycles. The van der Waals surface area contributed by atoms with Gasteiger partial charge < -0.3 is 19.5 Å². The van der Waals surface area contributed by atoms with Crippen molar-refractivity contribution in [2.45, 2.75) is 52.4 Å². The van der Waals surface area contributed by atoms with Gasteiger partial charge in [-0.15, -0.1) is 0 Å². The molecule has 1 N–H and O–H groups in total. The topological polar surface area (TPSA) is 73.9 Å². The van der Waals surface area contributed by atoms with Crippen molar-refractivity contribution in [3.8, 4) is 11.5 Å². The summed E-state index contributed by atoms with van der Waals surface area (Å²) in [5.41, 5.74) is 1.05. The number of fused-ring (bicyclic) bond motifs is 2. The van der Waals surface area contributed by atoms with Gasteiger partial charge >= 0.3 is 5.97 Å². The number of carbonyl (C=O) groups excluding carboxylic acids is 2. The molecule has 1 aromatic rings. The number of hydrogen-bond acceptors (Lipinski definition) is 5. The second-order valence-corrected chi connectivity index (χ2v) is 8.05. The highest BCUT2D eigenvalue weighted by molar-refractivity contribution is 5.80. The maximum Gasteiger partial charge on any atom is 0.306 e. The first kappa shape index (κ1) is 21.5. The zero-order chi connectivity index (χ0) is 20.6. The van der Waals surface area contributed by atoms with Crippen LogP contribution in [0.3, 0.4) is 0 Å². The lowest BCUT2D eigenvalue weighted by Crippen LogP contribution is -2.31. The maximum absolute atomic E-state index is 12.0. The van der Waals surface area contributed by atoms with Crippen molar-refractivity contribution in [3.63, 3.8) is 0 Å². The smallest absolute Gasteiger partial charge is 0.306 e. The summed E-state index contributed by atoms with van der Waals surface area (Å²) in [7, 11) is 0. The number of carbonyl (C=O) groups is 2. The van der Waals surface area contributed by atoms with Gasteiger partial charge in [0.2, 0.25) is 0 Å². The Morgan fingerprint density at radius 2 is 1.86 bits per heavy atom. The summed E-state index contributed by atoms with van der Waals surface area (Å²) in [6.45, 7) is 5.28. The zero-order valence-electron chi connectivity index (χ0n) is 17.6. The van der Waals surface area contributed by atoms with Crippen molar-refractivity contribution in [1.82, 2.24) is 5.32 Å². The lowest BCUT2D eigenvalue weighted by Gasteiger charge is -2.20. The van der Waals surface area contributed by atoms with Gasteiger partial charge in [-0.05, 0) is 75.0 Å². The molecule has 2 fully saturated rings. The molecule has 3 rings (SSSR count). The Hall–Kier alpha value is -2.24. The molecule has 0 aromatic heterocycles. The number of rotatable bonds is 11. The Kier molecular flexibility index (Phi) is 7.78. The van der Waals surface area contributed by atoms with E-state index in [1.54, 1.807) is 0 Å². The maximum atomic E-state index is 12.0. The summed E-state index contributed by atoms with van der Waals surface area (Å²) < 4.78 is 16.4. The van der Waals surface area contributed by atoms with Crippen LogP contribution in [-0.2, 0) is 20.7 Å². The molecule has 6 nitrogen and oxygen atoms in total. The van der Waals surface area contributed by atoms with Crippen molar-refractivity contribution in [2.24, 2.45) is 17.8 Å². The standard InChI is InChI=1S/C23H33NO5/c1-3-27-20-8-6-16(13-21(20)28-4-2)9-10-24-22(25)15-29-23(26)14-19-12-17-5-7-18(19)11-17/h6,8,13,17-19H,3-5,7,9-12,14-15H2,1-2H3,(H,24,25). The number of hydrogen-bond donors (Lipinski definition) is 1. The second-order valence-electron chi connectivity index (χ2n) is 8.05. The number of esters is 1. The molecular formula is C23H33NO5. The van der Waals surface area contributed by atoms with Crippen LogP contribution in [0.1, 0.15) is 51.5 Å². The van der Waals surface area contributed by atoms with Crippen LogP contribution < -0.4 is 14.8 Å². The van der Waals surface area contributed by atoms with Crippen LogP contribution in [0.5, 0.6) is 11.5 Å². The molecule has 1 amide bonds. The van der Waals surface area contributed by atoms with E-state index in [0.29, 0.717) is 50.2 Å². The molecule has 2 aliphatic carbocycles. The molecule has 3 atom stereocenters. The van der Waals surface area contributed by atoms with E-state index in [9.17, 15) is 9.59 Å². The van der Waals surface area contributed by atoms with E-state index in [1.807, 2.05) is 32.0 Å². The van der Waals surface area contributed by atoms with E-state index < -0.39 is 0 Å². The Labute approximate surface area is 173 Å². The second kappa shape index (κ2) is 10.5. The van der Waals surface area contributed by atoms with E-state index in [4.69, 9.17) is 14.2 Å². The largest absolute Gasteiger partial charge is 0.490 e. The van der Waals surface area contributed by atoms with Crippen LogP contribution in [0, 0.1) is 17.8 Å². The summed E-state index contributed by atoms with van der Waals surface area (Å²) in [6, 6.07) is 5.80. The molecule has 2 aliphatic rings. The first-order valence-corrected chi connectivity index (χ1v) is 10.9. The summed E-state index contributed by atoms with van der Waals surface area (Å²) in [4.78, 5) is 24.0. The highest BCUT2D eigenvalue weighted by atomic mass is 16.5. The fourth-order valence-corrected chi connectivity index (χ4v) is 4.69. The summed E-state index contributed by atoms with van der Waals surface area (Å²) in [5, 5.41) is 2.81. The molecule has 0 spiro atoms. The minimum Gasteiger partial charge on any atom is -0.490 e. The predicted octanol–water partition coefficient (Wildman–Crippen LogP) is 3.51. The van der Waals surface area contributed by atoms with E-state index in [0.717, 1.165) is 23.7 Å². The average molecular weight is 404 g/mol. The van der Waals surface area contributed by atoms with Crippen LogP contribution in [0.15, 0.2) is 18.2 Å². The van der Waals surface area contributed by atoms with Gasteiger partial charge in [0.15, 0.2) is 18.1 Å². The Bertz CT molecular complexity index is 705. The number of benzene rings is 1. The van der Waals surface area contributed by atoms with Gasteiger partial charge in [0, 0.05) is 13.0 Å². The fourth-order valence-electron chi connectivity index (χ4n) is 4.69. The third-order valence-corrected chi connectivity index (χ3v) is 6.02. The van der Waals surface area contributed by atoms with Crippen molar-refractivity contribution in [1.29, 1.82) is 0 Å². The van der Waals surface area contributed by atoms with Gasteiger partial charge in [0.05, 0.1) is 13.2 Å². The fraction of sp³-hybridized carbons (Fsp3) is 0.652. The number of amides is 1. The monoisotopic (exact) mass is 403 g/mol. The third kappa shape index (κ3) is 6.12. The summed E-state index contributed by atoms with van der Waals surface area (Å²) in [5.74, 6) is 2.90. The quantitative estimate of drug-likeness (QED) is 0.573. The Morgan fingerprint density at radius 3 is 2.55 bits per heavy atom. The van der Waals surface area contributed by atoms with Gasteiger partial charge in [0.25, 0.3) is 5.91 Å². The molecule has 2 saturated carbocycles. The molecule has 160 valence electrons. The molecular weight excluding hydrogens is 370 g/mol. The SMILES string of the molecule is CCOc1ccc(CCNC(=O)COC(=O)CC2CC3CCC2C3)cc1OCC. The van der Waals surface area contributed by atoms with Gasteiger partial charge in [-0.25, -0.2) is 0 Å². The molecule has 0 radical (unpaired) electrons. The third-order valence-electron chi connectivity index (χ3n) is 6.02. The normalized spacial score (nSPS) is 22.3. The minimum atomic E-state index is -0.262. The van der Waals surface area contributed by atoms with Crippen molar-refractivity contribution in [3.05, 3.63) is 23.8 Å². The molecule has 3 unspecified atom stereocenters. The van der Waals surface area contributed by atoms with Crippen molar-refractivity contribution < 1.29 is 23.8 Å². The van der Waals surface area contributed by atoms with E-state index in [-0.39, 0.29) is 18.5 Å². The average Bonchev–Trinajstić information content (AvgIpc) is 3.32. The highest BCUT2D eigenvalue weighted by Gasteiger charge is 2.40. The minimum absolute atomic E-state index is 0.201. The van der Waals surface area contributed by atoms with Gasteiger partial charge in [0.1, 0.15) is 0 Å². The van der Waals surface area contributed by atoms with Crippen molar-refractivity contribution in [2.75, 3.05) is 26.4 Å². The predicted molar refractivity (Wildman–Crippen MR) is 110 cm³/mol.